The number of benzene rings is 18. The van der Waals surface area contributed by atoms with Crippen LogP contribution in [0.1, 0.15) is 91.2 Å². The second kappa shape index (κ2) is 30.3. The van der Waals surface area contributed by atoms with Crippen LogP contribution in [0.25, 0.3) is 0 Å². The number of aryl methyl sites for hydroxylation is 9. The van der Waals surface area contributed by atoms with E-state index in [2.05, 4.69) is 49.2 Å². The maximum absolute atomic E-state index is 10.2. The maximum atomic E-state index is 10.2. The normalized spacial score (nSPS) is 16.3. The van der Waals surface area contributed by atoms with E-state index in [1.165, 1.54) is 4.90 Å². The summed E-state index contributed by atoms with van der Waals surface area (Å²) < 4.78 is 288. The van der Waals surface area contributed by atoms with Gasteiger partial charge in [0.2, 0.25) is 0 Å². The van der Waals surface area contributed by atoms with Crippen LogP contribution in [-0.4, -0.2) is 20.1 Å². The third kappa shape index (κ3) is 12.2. The van der Waals surface area contributed by atoms with Gasteiger partial charge in [-0.2, -0.15) is 0 Å². The zero-order valence-corrected chi connectivity index (χ0v) is 71.4. The third-order valence-electron chi connectivity index (χ3n) is 25.7. The van der Waals surface area contributed by atoms with Crippen LogP contribution in [0.3, 0.4) is 0 Å². The summed E-state index contributed by atoms with van der Waals surface area (Å²) in [5.41, 5.74) is 18.0. The molecule has 614 valence electrons. The number of para-hydroxylation sites is 10. The Hall–Kier alpha value is -15.6. The number of anilines is 26. The van der Waals surface area contributed by atoms with E-state index in [0.717, 1.165) is 48.5 Å². The van der Waals surface area contributed by atoms with Crippen LogP contribution in [0.4, 0.5) is 148 Å². The van der Waals surface area contributed by atoms with Crippen molar-refractivity contribution in [2.24, 2.45) is 0 Å². The summed E-state index contributed by atoms with van der Waals surface area (Å²) in [5, 5.41) is 3.95. The van der Waals surface area contributed by atoms with Crippen LogP contribution < -0.4 is 93.7 Å². The first-order chi connectivity index (χ1) is 75.7. The smallest absolute Gasteiger partial charge is 0.252 e. The van der Waals surface area contributed by atoms with Gasteiger partial charge in [0, 0.05) is 114 Å². The minimum Gasteiger partial charge on any atom is -0.356 e. The van der Waals surface area contributed by atoms with E-state index in [-0.39, 0.29) is 17.1 Å². The molecule has 12 heteroatoms. The standard InChI is InChI=1S/C117H92B3N9/c1-74-58-77(4)115(78(5)59-74)127-104-72-100-96(118-94-54-34-36-56-102(94)125(89-50-30-16-31-51-89)107-65-91(64-101(121-100)112(107)118)122(83-38-18-10-19-39-83)84-40-20-11-21-41-84)70-97(104)120-99-71-98-105(73-106(99)129(117-81(8)62-76(3)63-82(117)9)111-69-93(68-110(127)114(111)120)124(87-46-26-14-27-47-87)88-48-28-15-29-49-88)128(116-79(6)60-75(2)61-80(116)7)109-67-92(123(85-42-22-12-23-43-85)86-44-24-13-25-45-86)66-108-113(109)119(98)95-55-35-37-57-103(95)126(108)90-52-32-17-33-53-90/h10-73,121H,1-9H3/i10D,11D,12D,13D,14D,15D,18D,19D,20D,21D,22D,23D,24D,25D,26D,27D,28D,29D,38D,39D,40D,41D,42D,43D,44D,45D,46D,47D,48D,49D. The second-order valence-electron chi connectivity index (χ2n) is 33.7. The van der Waals surface area contributed by atoms with Crippen molar-refractivity contribution in [3.8, 4) is 0 Å². The van der Waals surface area contributed by atoms with E-state index in [4.69, 9.17) is 5.48 Å². The molecule has 18 aromatic rings. The van der Waals surface area contributed by atoms with Crippen molar-refractivity contribution in [3.05, 3.63) is 438 Å². The predicted molar refractivity (Wildman–Crippen MR) is 550 cm³/mol. The van der Waals surface area contributed by atoms with Gasteiger partial charge in [-0.3, -0.25) is 0 Å². The van der Waals surface area contributed by atoms with E-state index in [1.807, 2.05) is 213 Å². The van der Waals surface area contributed by atoms with Crippen molar-refractivity contribution >= 4 is 217 Å². The van der Waals surface area contributed by atoms with Gasteiger partial charge in [0.15, 0.2) is 0 Å². The van der Waals surface area contributed by atoms with E-state index in [0.29, 0.717) is 157 Å². The molecule has 0 unspecified atom stereocenters. The van der Waals surface area contributed by atoms with Crippen LogP contribution in [0, 0.1) is 62.3 Å². The van der Waals surface area contributed by atoms with Gasteiger partial charge >= 0.3 is 0 Å². The highest BCUT2D eigenvalue weighted by Crippen LogP contribution is 2.56. The van der Waals surface area contributed by atoms with Gasteiger partial charge in [0.25, 0.3) is 20.1 Å². The molecular formula is C117H92B3N9. The zero-order chi connectivity index (χ0) is 113. The molecule has 0 bridgehead atoms. The molecule has 129 heavy (non-hydrogen) atoms. The Kier molecular flexibility index (Phi) is 12.2. The van der Waals surface area contributed by atoms with Crippen LogP contribution >= 0.6 is 0 Å². The molecule has 0 aliphatic carbocycles. The highest BCUT2D eigenvalue weighted by atomic mass is 15.2. The lowest BCUT2D eigenvalue weighted by Gasteiger charge is -2.49. The van der Waals surface area contributed by atoms with Crippen molar-refractivity contribution in [2.45, 2.75) is 62.3 Å². The van der Waals surface area contributed by atoms with E-state index in [1.54, 1.807) is 36.4 Å². The first-order valence-corrected chi connectivity index (χ1v) is 42.7. The number of hydrogen-bond acceptors (Lipinski definition) is 9. The highest BCUT2D eigenvalue weighted by molar-refractivity contribution is 7.04. The first kappa shape index (κ1) is 51.7. The molecule has 0 radical (unpaired) electrons. The van der Waals surface area contributed by atoms with Crippen molar-refractivity contribution in [1.82, 2.24) is 0 Å². The molecule has 9 nitrogen and oxygen atoms in total. The lowest BCUT2D eigenvalue weighted by Crippen LogP contribution is -2.66. The van der Waals surface area contributed by atoms with Gasteiger partial charge in [-0.1, -0.05) is 247 Å². The molecule has 6 aliphatic rings. The Balaban J connectivity index is 0.890. The quantitative estimate of drug-likeness (QED) is 0.107. The molecule has 0 amide bonds. The fraction of sp³-hybridized carbons (Fsp3) is 0.0769. The SMILES string of the molecule is [2H]c1c([2H])c([2H])c(N(c2cc3c4c(c2)N(c2ccccc2)c2ccccc2B4c2cc4c(cc2N3)N(c2c(C)cc(C)cc2C)c2cc(N(c3c([2H])c([2H])c([2H])c([2H])c3[2H])c3c([2H])c([2H])c([2H])c([2H])c3[2H])cc3c2B4c2cc4c(cc2N3c2c(C)cc(C)cc2C)N(c2c(C)cc(C)cc2C)c2cc(N(c3c([2H])c([2H])c([2H])c([2H])c3[2H])c3c([2H])c([2H])c([2H])c([2H])c3[2H])cc3c2B4c2ccccc2N3c2ccccc2)c2c([2H])c([2H])c([2H])c([2H])c2[2H])c([2H])c1[2H]. The summed E-state index contributed by atoms with van der Waals surface area (Å²) in [5.74, 6) is 0. The maximum Gasteiger partial charge on any atom is 0.252 e. The fourth-order valence-corrected chi connectivity index (χ4v) is 21.4. The Morgan fingerprint density at radius 1 is 0.217 bits per heavy atom. The molecule has 18 aromatic carbocycles. The largest absolute Gasteiger partial charge is 0.356 e. The van der Waals surface area contributed by atoms with Gasteiger partial charge in [0.1, 0.15) is 0 Å². The number of nitrogens with one attached hydrogen (secondary N) is 1. The number of fused-ring (bicyclic) bond motifs is 12. The average molecular weight is 1690 g/mol. The van der Waals surface area contributed by atoms with Gasteiger partial charge in [0.05, 0.1) is 75.2 Å². The molecule has 0 aromatic heterocycles. The summed E-state index contributed by atoms with van der Waals surface area (Å²) in [7, 11) is 0. The molecule has 6 aliphatic heterocycles. The molecule has 24 rings (SSSR count). The second-order valence-corrected chi connectivity index (χ2v) is 33.7. The van der Waals surface area contributed by atoms with Crippen LogP contribution in [0.5, 0.6) is 0 Å². The van der Waals surface area contributed by atoms with E-state index < -0.39 is 236 Å². The Morgan fingerprint density at radius 2 is 0.488 bits per heavy atom. The minimum atomic E-state index is -1.07. The molecule has 6 heterocycles. The van der Waals surface area contributed by atoms with Crippen LogP contribution in [0.15, 0.2) is 388 Å². The van der Waals surface area contributed by atoms with Gasteiger partial charge < -0.3 is 44.5 Å². The molecule has 0 atom stereocenters. The molecule has 0 saturated heterocycles. The van der Waals surface area contributed by atoms with Crippen LogP contribution in [-0.2, 0) is 0 Å². The Labute approximate surface area is 799 Å². The summed E-state index contributed by atoms with van der Waals surface area (Å²) in [6.45, 7) is 15.0. The van der Waals surface area contributed by atoms with Crippen molar-refractivity contribution in [2.75, 3.05) is 44.5 Å². The third-order valence-corrected chi connectivity index (χ3v) is 25.7. The van der Waals surface area contributed by atoms with Crippen molar-refractivity contribution < 1.29 is 41.1 Å². The summed E-state index contributed by atoms with van der Waals surface area (Å²) in [6, 6.07) is 42.5. The highest BCUT2D eigenvalue weighted by Gasteiger charge is 2.52. The van der Waals surface area contributed by atoms with Crippen molar-refractivity contribution in [3.63, 3.8) is 0 Å². The number of nitrogens with zero attached hydrogens (tertiary/aromatic N) is 8. The molecule has 0 fully saturated rings. The lowest BCUT2D eigenvalue weighted by atomic mass is 9.29. The number of rotatable bonds is 14. The predicted octanol–water partition coefficient (Wildman–Crippen LogP) is 25.4. The topological polar surface area (TPSA) is 38.0 Å². The van der Waals surface area contributed by atoms with E-state index >= 15 is 0 Å². The monoisotopic (exact) mass is 1690 g/mol. The number of hydrogen-bond donors (Lipinski definition) is 1. The molecule has 0 saturated carbocycles. The summed E-state index contributed by atoms with van der Waals surface area (Å²) in [4.78, 5) is 14.0. The summed E-state index contributed by atoms with van der Waals surface area (Å²) in [6.07, 6.45) is 0. The minimum absolute atomic E-state index is 0.0227. The van der Waals surface area contributed by atoms with Crippen molar-refractivity contribution in [1.29, 1.82) is 0 Å². The molecular weight excluding hydrogens is 1560 g/mol. The molecule has 0 spiro atoms. The Morgan fingerprint density at radius 3 is 0.829 bits per heavy atom. The van der Waals surface area contributed by atoms with Gasteiger partial charge in [-0.05, 0) is 302 Å². The lowest BCUT2D eigenvalue weighted by molar-refractivity contribution is 1.17. The summed E-state index contributed by atoms with van der Waals surface area (Å²) >= 11 is 0. The molecule has 1 N–H and O–H groups in total. The van der Waals surface area contributed by atoms with Gasteiger partial charge in [-0.15, -0.1) is 0 Å². The van der Waals surface area contributed by atoms with Crippen LogP contribution in [0.2, 0.25) is 0 Å². The Bertz CT molecular complexity index is 9130. The van der Waals surface area contributed by atoms with Gasteiger partial charge in [-0.25, -0.2) is 0 Å². The first-order valence-electron chi connectivity index (χ1n) is 57.7. The van der Waals surface area contributed by atoms with E-state index in [9.17, 15) is 35.6 Å². The fourth-order valence-electron chi connectivity index (χ4n) is 21.4. The average Bonchev–Trinajstić information content (AvgIpc) is 0.669. The zero-order valence-electron chi connectivity index (χ0n) is 101.